The molecule has 0 saturated heterocycles. The molecule has 3 heteroatoms. The van der Waals surface area contributed by atoms with Gasteiger partial charge in [0.15, 0.2) is 0 Å². The minimum absolute atomic E-state index is 0.611. The van der Waals surface area contributed by atoms with Crippen molar-refractivity contribution in [3.05, 3.63) is 11.8 Å². The quantitative estimate of drug-likeness (QED) is 0.635. The molecule has 0 radical (unpaired) electrons. The predicted molar refractivity (Wildman–Crippen MR) is 46.3 cm³/mol. The summed E-state index contributed by atoms with van der Waals surface area (Å²) in [4.78, 5) is 0. The van der Waals surface area contributed by atoms with E-state index in [1.54, 1.807) is 0 Å². The summed E-state index contributed by atoms with van der Waals surface area (Å²) in [6, 6.07) is 1.84. The van der Waals surface area contributed by atoms with Crippen LogP contribution in [-0.4, -0.2) is 11.8 Å². The standard InChI is InChI=1S/C9H15NO2/c1-3-5-6-11-9-7-8(4-2)12-10-9/h7H,3-6H2,1-2H3. The number of rotatable bonds is 5. The van der Waals surface area contributed by atoms with Crippen LogP contribution in [0.3, 0.4) is 0 Å². The van der Waals surface area contributed by atoms with Gasteiger partial charge < -0.3 is 9.26 Å². The van der Waals surface area contributed by atoms with E-state index in [1.165, 1.54) is 0 Å². The van der Waals surface area contributed by atoms with Crippen LogP contribution >= 0.6 is 0 Å². The summed E-state index contributed by atoms with van der Waals surface area (Å²) in [5, 5.41) is 3.76. The largest absolute Gasteiger partial charge is 0.476 e. The van der Waals surface area contributed by atoms with Crippen LogP contribution in [0.15, 0.2) is 10.6 Å². The van der Waals surface area contributed by atoms with Gasteiger partial charge in [0.05, 0.1) is 6.61 Å². The number of aromatic nitrogens is 1. The van der Waals surface area contributed by atoms with Crippen molar-refractivity contribution < 1.29 is 9.26 Å². The molecular formula is C9H15NO2. The van der Waals surface area contributed by atoms with Crippen molar-refractivity contribution in [3.8, 4) is 5.88 Å². The zero-order valence-corrected chi connectivity index (χ0v) is 7.67. The highest BCUT2D eigenvalue weighted by Crippen LogP contribution is 2.11. The molecule has 0 atom stereocenters. The fourth-order valence-corrected chi connectivity index (χ4v) is 0.850. The van der Waals surface area contributed by atoms with Gasteiger partial charge in [-0.05, 0) is 11.6 Å². The van der Waals surface area contributed by atoms with Crippen molar-refractivity contribution in [1.82, 2.24) is 5.16 Å². The Morgan fingerprint density at radius 1 is 1.50 bits per heavy atom. The molecule has 0 aliphatic heterocycles. The van der Waals surface area contributed by atoms with E-state index in [1.807, 2.05) is 13.0 Å². The van der Waals surface area contributed by atoms with Gasteiger partial charge in [-0.3, -0.25) is 0 Å². The summed E-state index contributed by atoms with van der Waals surface area (Å²) in [5.41, 5.74) is 0. The van der Waals surface area contributed by atoms with Crippen LogP contribution < -0.4 is 4.74 Å². The maximum Gasteiger partial charge on any atom is 0.254 e. The van der Waals surface area contributed by atoms with Gasteiger partial charge in [0, 0.05) is 12.5 Å². The smallest absolute Gasteiger partial charge is 0.254 e. The molecule has 0 amide bonds. The fraction of sp³-hybridized carbons (Fsp3) is 0.667. The van der Waals surface area contributed by atoms with Crippen molar-refractivity contribution in [2.24, 2.45) is 0 Å². The van der Waals surface area contributed by atoms with Crippen molar-refractivity contribution in [2.75, 3.05) is 6.61 Å². The summed E-state index contributed by atoms with van der Waals surface area (Å²) in [6.45, 7) is 4.88. The van der Waals surface area contributed by atoms with Gasteiger partial charge in [-0.15, -0.1) is 0 Å². The number of aryl methyl sites for hydroxylation is 1. The van der Waals surface area contributed by atoms with Crippen LogP contribution in [0.4, 0.5) is 0 Å². The number of hydrogen-bond donors (Lipinski definition) is 0. The second kappa shape index (κ2) is 4.80. The van der Waals surface area contributed by atoms with E-state index < -0.39 is 0 Å². The maximum absolute atomic E-state index is 5.32. The molecule has 0 bridgehead atoms. The van der Waals surface area contributed by atoms with Gasteiger partial charge in [0.2, 0.25) is 0 Å². The molecule has 1 rings (SSSR count). The molecule has 0 N–H and O–H groups in total. The van der Waals surface area contributed by atoms with Crippen molar-refractivity contribution in [2.45, 2.75) is 33.1 Å². The van der Waals surface area contributed by atoms with Gasteiger partial charge in [0.1, 0.15) is 5.76 Å². The lowest BCUT2D eigenvalue weighted by molar-refractivity contribution is 0.270. The van der Waals surface area contributed by atoms with Crippen molar-refractivity contribution in [1.29, 1.82) is 0 Å². The minimum atomic E-state index is 0.611. The number of nitrogens with zero attached hydrogens (tertiary/aromatic N) is 1. The van der Waals surface area contributed by atoms with Crippen LogP contribution in [-0.2, 0) is 6.42 Å². The highest BCUT2D eigenvalue weighted by molar-refractivity contribution is 5.10. The number of unbranched alkanes of at least 4 members (excludes halogenated alkanes) is 1. The second-order valence-electron chi connectivity index (χ2n) is 2.69. The van der Waals surface area contributed by atoms with Crippen LogP contribution in [0, 0.1) is 0 Å². The molecular weight excluding hydrogens is 154 g/mol. The molecule has 1 heterocycles. The topological polar surface area (TPSA) is 35.3 Å². The van der Waals surface area contributed by atoms with Gasteiger partial charge in [-0.25, -0.2) is 0 Å². The summed E-state index contributed by atoms with van der Waals surface area (Å²) < 4.78 is 10.3. The highest BCUT2D eigenvalue weighted by Gasteiger charge is 2.01. The molecule has 0 fully saturated rings. The highest BCUT2D eigenvalue weighted by atomic mass is 16.5. The lowest BCUT2D eigenvalue weighted by Gasteiger charge is -1.97. The Morgan fingerprint density at radius 3 is 2.92 bits per heavy atom. The van der Waals surface area contributed by atoms with Crippen LogP contribution in [0.5, 0.6) is 5.88 Å². The second-order valence-corrected chi connectivity index (χ2v) is 2.69. The summed E-state index contributed by atoms with van der Waals surface area (Å²) in [5.74, 6) is 1.49. The first kappa shape index (κ1) is 9.10. The molecule has 1 aromatic rings. The third kappa shape index (κ3) is 2.57. The summed E-state index contributed by atoms with van der Waals surface area (Å²) in [7, 11) is 0. The first-order valence-corrected chi connectivity index (χ1v) is 4.45. The molecule has 0 aromatic carbocycles. The van der Waals surface area contributed by atoms with E-state index in [4.69, 9.17) is 9.26 Å². The Labute approximate surface area is 72.7 Å². The number of ether oxygens (including phenoxy) is 1. The van der Waals surface area contributed by atoms with E-state index in [9.17, 15) is 0 Å². The van der Waals surface area contributed by atoms with Gasteiger partial charge in [-0.1, -0.05) is 20.3 Å². The molecule has 0 aliphatic carbocycles. The van der Waals surface area contributed by atoms with E-state index in [0.29, 0.717) is 5.88 Å². The Balaban J connectivity index is 2.31. The Hall–Kier alpha value is -0.990. The maximum atomic E-state index is 5.32. The van der Waals surface area contributed by atoms with Gasteiger partial charge in [0.25, 0.3) is 5.88 Å². The van der Waals surface area contributed by atoms with Crippen LogP contribution in [0.25, 0.3) is 0 Å². The molecule has 0 spiro atoms. The zero-order chi connectivity index (χ0) is 8.81. The monoisotopic (exact) mass is 169 g/mol. The Kier molecular flexibility index (Phi) is 3.64. The zero-order valence-electron chi connectivity index (χ0n) is 7.67. The average molecular weight is 169 g/mol. The minimum Gasteiger partial charge on any atom is -0.476 e. The first-order chi connectivity index (χ1) is 5.86. The van der Waals surface area contributed by atoms with Crippen LogP contribution in [0.2, 0.25) is 0 Å². The summed E-state index contributed by atoms with van der Waals surface area (Å²) in [6.07, 6.45) is 3.07. The first-order valence-electron chi connectivity index (χ1n) is 4.45. The Morgan fingerprint density at radius 2 is 2.33 bits per heavy atom. The molecule has 0 unspecified atom stereocenters. The molecule has 0 aliphatic rings. The van der Waals surface area contributed by atoms with E-state index in [2.05, 4.69) is 12.1 Å². The Bertz CT molecular complexity index is 220. The molecule has 68 valence electrons. The third-order valence-corrected chi connectivity index (χ3v) is 1.63. The van der Waals surface area contributed by atoms with Gasteiger partial charge in [-0.2, -0.15) is 0 Å². The predicted octanol–water partition coefficient (Wildman–Crippen LogP) is 2.42. The van der Waals surface area contributed by atoms with E-state index in [0.717, 1.165) is 31.6 Å². The lowest BCUT2D eigenvalue weighted by atomic mass is 10.3. The van der Waals surface area contributed by atoms with Crippen molar-refractivity contribution in [3.63, 3.8) is 0 Å². The lowest BCUT2D eigenvalue weighted by Crippen LogP contribution is -1.95. The van der Waals surface area contributed by atoms with E-state index in [-0.39, 0.29) is 0 Å². The van der Waals surface area contributed by atoms with E-state index >= 15 is 0 Å². The van der Waals surface area contributed by atoms with Gasteiger partial charge >= 0.3 is 0 Å². The summed E-state index contributed by atoms with van der Waals surface area (Å²) >= 11 is 0. The normalized spacial score (nSPS) is 10.2. The van der Waals surface area contributed by atoms with Crippen molar-refractivity contribution >= 4 is 0 Å². The van der Waals surface area contributed by atoms with Crippen LogP contribution in [0.1, 0.15) is 32.4 Å². The SMILES string of the molecule is CCCCOc1cc(CC)on1. The molecule has 12 heavy (non-hydrogen) atoms. The molecule has 3 nitrogen and oxygen atoms in total. The third-order valence-electron chi connectivity index (χ3n) is 1.63. The fourth-order valence-electron chi connectivity index (χ4n) is 0.850. The molecule has 0 saturated carbocycles. The molecule has 1 aromatic heterocycles. The number of hydrogen-bond acceptors (Lipinski definition) is 3. The average Bonchev–Trinajstić information content (AvgIpc) is 2.53.